The molecule has 90 valence electrons. The van der Waals surface area contributed by atoms with Crippen molar-refractivity contribution in [3.05, 3.63) is 0 Å². The lowest BCUT2D eigenvalue weighted by Crippen LogP contribution is -2.35. The SMILES string of the molecule is CC[Si](CC)(CC)CCC1COCCO1. The number of hydrogen-bond donors (Lipinski definition) is 0. The van der Waals surface area contributed by atoms with Gasteiger partial charge in [0.25, 0.3) is 0 Å². The normalized spacial score (nSPS) is 23.0. The topological polar surface area (TPSA) is 18.5 Å². The Morgan fingerprint density at radius 1 is 1.07 bits per heavy atom. The Morgan fingerprint density at radius 3 is 2.20 bits per heavy atom. The first kappa shape index (κ1) is 13.2. The Hall–Kier alpha value is 0.137. The van der Waals surface area contributed by atoms with Gasteiger partial charge in [-0.05, 0) is 6.42 Å². The Labute approximate surface area is 95.4 Å². The average molecular weight is 230 g/mol. The van der Waals surface area contributed by atoms with Gasteiger partial charge in [0.15, 0.2) is 0 Å². The van der Waals surface area contributed by atoms with E-state index in [0.29, 0.717) is 6.10 Å². The Kier molecular flexibility index (Phi) is 5.86. The summed E-state index contributed by atoms with van der Waals surface area (Å²) in [7, 11) is -0.937. The number of rotatable bonds is 6. The van der Waals surface area contributed by atoms with E-state index in [9.17, 15) is 0 Å². The van der Waals surface area contributed by atoms with Gasteiger partial charge >= 0.3 is 0 Å². The molecule has 0 aromatic rings. The molecule has 0 spiro atoms. The summed E-state index contributed by atoms with van der Waals surface area (Å²) in [5.74, 6) is 0. The molecule has 2 nitrogen and oxygen atoms in total. The summed E-state index contributed by atoms with van der Waals surface area (Å²) in [5, 5.41) is 0. The molecule has 1 heterocycles. The van der Waals surface area contributed by atoms with Gasteiger partial charge in [0.2, 0.25) is 0 Å². The van der Waals surface area contributed by atoms with Crippen molar-refractivity contribution in [1.82, 2.24) is 0 Å². The molecule has 0 aromatic heterocycles. The van der Waals surface area contributed by atoms with E-state index < -0.39 is 8.07 Å². The zero-order valence-electron chi connectivity index (χ0n) is 10.6. The van der Waals surface area contributed by atoms with Gasteiger partial charge in [0, 0.05) is 0 Å². The Morgan fingerprint density at radius 2 is 1.73 bits per heavy atom. The number of hydrogen-bond acceptors (Lipinski definition) is 2. The van der Waals surface area contributed by atoms with Crippen LogP contribution < -0.4 is 0 Å². The molecule has 1 aliphatic heterocycles. The van der Waals surface area contributed by atoms with Gasteiger partial charge in [-0.15, -0.1) is 0 Å². The van der Waals surface area contributed by atoms with Crippen LogP contribution in [0.3, 0.4) is 0 Å². The molecule has 0 radical (unpaired) electrons. The van der Waals surface area contributed by atoms with Crippen LogP contribution in [0.25, 0.3) is 0 Å². The van der Waals surface area contributed by atoms with E-state index >= 15 is 0 Å². The van der Waals surface area contributed by atoms with Crippen molar-refractivity contribution in [3.63, 3.8) is 0 Å². The second kappa shape index (κ2) is 6.66. The summed E-state index contributed by atoms with van der Waals surface area (Å²) < 4.78 is 11.1. The van der Waals surface area contributed by atoms with Crippen LogP contribution in [0.4, 0.5) is 0 Å². The molecule has 15 heavy (non-hydrogen) atoms. The van der Waals surface area contributed by atoms with Crippen LogP contribution in [-0.2, 0) is 9.47 Å². The third-order valence-electron chi connectivity index (χ3n) is 4.13. The fraction of sp³-hybridized carbons (Fsp3) is 1.00. The highest BCUT2D eigenvalue weighted by Gasteiger charge is 2.28. The maximum absolute atomic E-state index is 5.70. The Balaban J connectivity index is 2.31. The summed E-state index contributed by atoms with van der Waals surface area (Å²) in [6.07, 6.45) is 1.61. The van der Waals surface area contributed by atoms with E-state index in [1.165, 1.54) is 30.6 Å². The van der Waals surface area contributed by atoms with E-state index in [0.717, 1.165) is 19.8 Å². The van der Waals surface area contributed by atoms with E-state index in [1.54, 1.807) is 0 Å². The molecule has 1 unspecified atom stereocenters. The van der Waals surface area contributed by atoms with Gasteiger partial charge < -0.3 is 9.47 Å². The van der Waals surface area contributed by atoms with Crippen molar-refractivity contribution in [2.45, 2.75) is 57.5 Å². The van der Waals surface area contributed by atoms with Gasteiger partial charge in [0.05, 0.1) is 34.0 Å². The first-order chi connectivity index (χ1) is 7.26. The van der Waals surface area contributed by atoms with E-state index in [2.05, 4.69) is 20.8 Å². The predicted molar refractivity (Wildman–Crippen MR) is 67.2 cm³/mol. The second-order valence-electron chi connectivity index (χ2n) is 4.67. The van der Waals surface area contributed by atoms with Crippen LogP contribution in [0.2, 0.25) is 24.2 Å². The second-order valence-corrected chi connectivity index (χ2v) is 10.3. The van der Waals surface area contributed by atoms with Crippen molar-refractivity contribution >= 4 is 8.07 Å². The fourth-order valence-electron chi connectivity index (χ4n) is 2.45. The van der Waals surface area contributed by atoms with Crippen LogP contribution in [0.1, 0.15) is 27.2 Å². The van der Waals surface area contributed by atoms with Gasteiger partial charge in [-0.1, -0.05) is 44.9 Å². The van der Waals surface area contributed by atoms with Crippen molar-refractivity contribution in [3.8, 4) is 0 Å². The van der Waals surface area contributed by atoms with Crippen LogP contribution in [-0.4, -0.2) is 34.0 Å². The van der Waals surface area contributed by atoms with Crippen LogP contribution in [0, 0.1) is 0 Å². The molecule has 1 fully saturated rings. The standard InChI is InChI=1S/C12H26O2Si/c1-4-15(5-2,6-3)10-7-12-11-13-8-9-14-12/h12H,4-11H2,1-3H3. The minimum Gasteiger partial charge on any atom is -0.376 e. The molecule has 0 saturated carbocycles. The van der Waals surface area contributed by atoms with Crippen LogP contribution in [0.15, 0.2) is 0 Å². The highest BCUT2D eigenvalue weighted by atomic mass is 28.3. The summed E-state index contributed by atoms with van der Waals surface area (Å²) in [4.78, 5) is 0. The summed E-state index contributed by atoms with van der Waals surface area (Å²) in [6.45, 7) is 9.52. The van der Waals surface area contributed by atoms with E-state index in [-0.39, 0.29) is 0 Å². The molecule has 0 bridgehead atoms. The number of ether oxygens (including phenoxy) is 2. The molecule has 0 N–H and O–H groups in total. The van der Waals surface area contributed by atoms with Crippen molar-refractivity contribution < 1.29 is 9.47 Å². The predicted octanol–water partition coefficient (Wildman–Crippen LogP) is 3.30. The quantitative estimate of drug-likeness (QED) is 0.652. The first-order valence-electron chi connectivity index (χ1n) is 6.45. The van der Waals surface area contributed by atoms with Crippen molar-refractivity contribution in [2.24, 2.45) is 0 Å². The molecular weight excluding hydrogens is 204 g/mol. The van der Waals surface area contributed by atoms with Crippen molar-refractivity contribution in [1.29, 1.82) is 0 Å². The fourth-order valence-corrected chi connectivity index (χ4v) is 5.95. The molecule has 1 saturated heterocycles. The Bertz CT molecular complexity index is 155. The highest BCUT2D eigenvalue weighted by Crippen LogP contribution is 2.28. The molecule has 1 aliphatic rings. The lowest BCUT2D eigenvalue weighted by atomic mass is 10.3. The van der Waals surface area contributed by atoms with Crippen LogP contribution >= 0.6 is 0 Å². The minimum absolute atomic E-state index is 0.385. The molecular formula is C12H26O2Si. The molecule has 0 aromatic carbocycles. The van der Waals surface area contributed by atoms with Gasteiger partial charge in [0.1, 0.15) is 0 Å². The lowest BCUT2D eigenvalue weighted by Gasteiger charge is -2.31. The first-order valence-corrected chi connectivity index (χ1v) is 9.28. The largest absolute Gasteiger partial charge is 0.376 e. The molecule has 0 amide bonds. The minimum atomic E-state index is -0.937. The third-order valence-corrected chi connectivity index (χ3v) is 9.98. The van der Waals surface area contributed by atoms with Gasteiger partial charge in [-0.2, -0.15) is 0 Å². The molecule has 0 aliphatic carbocycles. The maximum Gasteiger partial charge on any atom is 0.0807 e. The monoisotopic (exact) mass is 230 g/mol. The summed E-state index contributed by atoms with van der Waals surface area (Å²) in [6, 6.07) is 5.69. The van der Waals surface area contributed by atoms with Gasteiger partial charge in [-0.25, -0.2) is 0 Å². The molecule has 1 atom stereocenters. The maximum atomic E-state index is 5.70. The smallest absolute Gasteiger partial charge is 0.0807 e. The van der Waals surface area contributed by atoms with E-state index in [1.807, 2.05) is 0 Å². The van der Waals surface area contributed by atoms with Crippen LogP contribution in [0.5, 0.6) is 0 Å². The van der Waals surface area contributed by atoms with Gasteiger partial charge in [-0.3, -0.25) is 0 Å². The van der Waals surface area contributed by atoms with Crippen molar-refractivity contribution in [2.75, 3.05) is 19.8 Å². The highest BCUT2D eigenvalue weighted by molar-refractivity contribution is 6.79. The zero-order valence-corrected chi connectivity index (χ0v) is 11.6. The zero-order chi connectivity index (χ0) is 11.1. The molecule has 1 rings (SSSR count). The lowest BCUT2D eigenvalue weighted by molar-refractivity contribution is -0.0888. The summed E-state index contributed by atoms with van der Waals surface area (Å²) >= 11 is 0. The third kappa shape index (κ3) is 3.89. The average Bonchev–Trinajstić information content (AvgIpc) is 2.33. The van der Waals surface area contributed by atoms with E-state index in [4.69, 9.17) is 9.47 Å². The summed E-state index contributed by atoms with van der Waals surface area (Å²) in [5.41, 5.74) is 0. The molecule has 3 heteroatoms.